The molecule has 2 rings (SSSR count). The Morgan fingerprint density at radius 3 is 2.65 bits per heavy atom. The summed E-state index contributed by atoms with van der Waals surface area (Å²) in [4.78, 5) is 8.65. The van der Waals surface area contributed by atoms with Crippen molar-refractivity contribution in [2.24, 2.45) is 0 Å². The number of aryl methyl sites for hydroxylation is 1. The number of alkyl halides is 1. The summed E-state index contributed by atoms with van der Waals surface area (Å²) in [5, 5.41) is 3.69. The van der Waals surface area contributed by atoms with Crippen LogP contribution in [0.1, 0.15) is 31.4 Å². The van der Waals surface area contributed by atoms with Gasteiger partial charge in [-0.1, -0.05) is 0 Å². The van der Waals surface area contributed by atoms with Crippen LogP contribution in [0.25, 0.3) is 0 Å². The van der Waals surface area contributed by atoms with Crippen LogP contribution in [-0.4, -0.2) is 28.5 Å². The number of rotatable bonds is 3. The fourth-order valence-corrected chi connectivity index (χ4v) is 2.34. The number of ether oxygens (including phenoxy) is 1. The summed E-state index contributed by atoms with van der Waals surface area (Å²) in [5.41, 5.74) is 0.908. The van der Waals surface area contributed by atoms with Crippen molar-refractivity contribution in [1.82, 2.24) is 9.97 Å². The fourth-order valence-electron chi connectivity index (χ4n) is 2.09. The minimum Gasteiger partial charge on any atom is -0.481 e. The highest BCUT2D eigenvalue weighted by Gasteiger charge is 2.20. The number of nitrogens with one attached hydrogen (secondary N) is 1. The molecule has 1 aromatic heterocycles. The molecule has 4 nitrogen and oxygen atoms in total. The molecule has 0 atom stereocenters. The molecule has 0 radical (unpaired) electrons. The Morgan fingerprint density at radius 2 is 2.00 bits per heavy atom. The molecule has 1 aliphatic carbocycles. The SMILES string of the molecule is COc1cc(C)nc(NC2CCC(Cl)CC2)n1. The molecule has 0 unspecified atom stereocenters. The number of anilines is 1. The van der Waals surface area contributed by atoms with E-state index in [0.29, 0.717) is 23.2 Å². The predicted octanol–water partition coefficient (Wildman–Crippen LogP) is 2.76. The van der Waals surface area contributed by atoms with Gasteiger partial charge in [-0.25, -0.2) is 4.98 Å². The monoisotopic (exact) mass is 255 g/mol. The molecule has 1 heterocycles. The van der Waals surface area contributed by atoms with E-state index in [4.69, 9.17) is 16.3 Å². The van der Waals surface area contributed by atoms with Gasteiger partial charge in [-0.2, -0.15) is 4.98 Å². The van der Waals surface area contributed by atoms with E-state index >= 15 is 0 Å². The molecule has 0 bridgehead atoms. The largest absolute Gasteiger partial charge is 0.481 e. The lowest BCUT2D eigenvalue weighted by Gasteiger charge is -2.25. The summed E-state index contributed by atoms with van der Waals surface area (Å²) in [6, 6.07) is 2.25. The van der Waals surface area contributed by atoms with E-state index in [1.54, 1.807) is 7.11 Å². The average Bonchev–Trinajstić information content (AvgIpc) is 2.31. The van der Waals surface area contributed by atoms with Gasteiger partial charge in [0.25, 0.3) is 0 Å². The third-order valence-corrected chi connectivity index (χ3v) is 3.47. The zero-order valence-electron chi connectivity index (χ0n) is 10.2. The first kappa shape index (κ1) is 12.4. The van der Waals surface area contributed by atoms with Gasteiger partial charge in [0.15, 0.2) is 0 Å². The molecule has 0 spiro atoms. The molecule has 1 N–H and O–H groups in total. The number of nitrogens with zero attached hydrogens (tertiary/aromatic N) is 2. The third-order valence-electron chi connectivity index (χ3n) is 3.03. The molecule has 0 aliphatic heterocycles. The molecular weight excluding hydrogens is 238 g/mol. The van der Waals surface area contributed by atoms with Gasteiger partial charge in [-0.05, 0) is 32.6 Å². The summed E-state index contributed by atoms with van der Waals surface area (Å²) in [7, 11) is 1.62. The van der Waals surface area contributed by atoms with Crippen LogP contribution >= 0.6 is 11.6 Å². The first-order valence-electron chi connectivity index (χ1n) is 5.97. The quantitative estimate of drug-likeness (QED) is 0.844. The zero-order valence-corrected chi connectivity index (χ0v) is 11.0. The molecule has 0 amide bonds. The molecule has 0 saturated heterocycles. The Kier molecular flexibility index (Phi) is 4.05. The molecule has 1 fully saturated rings. The first-order valence-corrected chi connectivity index (χ1v) is 6.41. The van der Waals surface area contributed by atoms with Crippen molar-refractivity contribution in [2.45, 2.75) is 44.0 Å². The topological polar surface area (TPSA) is 47.0 Å². The van der Waals surface area contributed by atoms with Crippen LogP contribution in [-0.2, 0) is 0 Å². The molecule has 5 heteroatoms. The predicted molar refractivity (Wildman–Crippen MR) is 68.8 cm³/mol. The third kappa shape index (κ3) is 3.46. The molecular formula is C12H18ClN3O. The maximum atomic E-state index is 6.08. The number of methoxy groups -OCH3 is 1. The highest BCUT2D eigenvalue weighted by atomic mass is 35.5. The Balaban J connectivity index is 2.00. The van der Waals surface area contributed by atoms with Gasteiger partial charge in [0.05, 0.1) is 7.11 Å². The van der Waals surface area contributed by atoms with Gasteiger partial charge in [-0.3, -0.25) is 0 Å². The van der Waals surface area contributed by atoms with Crippen molar-refractivity contribution in [3.05, 3.63) is 11.8 Å². The van der Waals surface area contributed by atoms with Crippen molar-refractivity contribution in [3.8, 4) is 5.88 Å². The first-order chi connectivity index (χ1) is 8.17. The number of hydrogen-bond donors (Lipinski definition) is 1. The van der Waals surface area contributed by atoms with Crippen molar-refractivity contribution >= 4 is 17.5 Å². The maximum Gasteiger partial charge on any atom is 0.226 e. The van der Waals surface area contributed by atoms with Crippen LogP contribution in [0.3, 0.4) is 0 Å². The normalized spacial score (nSPS) is 24.4. The maximum absolute atomic E-state index is 6.08. The molecule has 1 aromatic rings. The minimum atomic E-state index is 0.334. The van der Waals surface area contributed by atoms with Gasteiger partial charge < -0.3 is 10.1 Å². The zero-order chi connectivity index (χ0) is 12.3. The van der Waals surface area contributed by atoms with Crippen molar-refractivity contribution in [1.29, 1.82) is 0 Å². The Labute approximate surface area is 107 Å². The van der Waals surface area contributed by atoms with E-state index in [9.17, 15) is 0 Å². The second-order valence-electron chi connectivity index (χ2n) is 4.47. The highest BCUT2D eigenvalue weighted by Crippen LogP contribution is 2.25. The van der Waals surface area contributed by atoms with E-state index in [1.165, 1.54) is 0 Å². The summed E-state index contributed by atoms with van der Waals surface area (Å²) in [5.74, 6) is 1.26. The second-order valence-corrected chi connectivity index (χ2v) is 5.09. The van der Waals surface area contributed by atoms with Gasteiger partial charge in [0.2, 0.25) is 11.8 Å². The molecule has 1 aliphatic rings. The smallest absolute Gasteiger partial charge is 0.226 e. The summed E-state index contributed by atoms with van der Waals surface area (Å²) in [6.07, 6.45) is 4.27. The van der Waals surface area contributed by atoms with Gasteiger partial charge in [-0.15, -0.1) is 11.6 Å². The van der Waals surface area contributed by atoms with Crippen molar-refractivity contribution < 1.29 is 4.74 Å². The fraction of sp³-hybridized carbons (Fsp3) is 0.667. The van der Waals surface area contributed by atoms with Crippen LogP contribution in [0.4, 0.5) is 5.95 Å². The van der Waals surface area contributed by atoms with Gasteiger partial charge in [0.1, 0.15) is 0 Å². The molecule has 17 heavy (non-hydrogen) atoms. The Hall–Kier alpha value is -1.03. The van der Waals surface area contributed by atoms with Crippen molar-refractivity contribution in [3.63, 3.8) is 0 Å². The lowest BCUT2D eigenvalue weighted by Crippen LogP contribution is -2.27. The second kappa shape index (κ2) is 5.54. The van der Waals surface area contributed by atoms with E-state index in [0.717, 1.165) is 31.4 Å². The molecule has 0 aromatic carbocycles. The van der Waals surface area contributed by atoms with Crippen LogP contribution in [0.15, 0.2) is 6.07 Å². The van der Waals surface area contributed by atoms with Crippen LogP contribution in [0.2, 0.25) is 0 Å². The number of aromatic nitrogens is 2. The van der Waals surface area contributed by atoms with Gasteiger partial charge in [0, 0.05) is 23.2 Å². The Morgan fingerprint density at radius 1 is 1.29 bits per heavy atom. The van der Waals surface area contributed by atoms with Crippen LogP contribution < -0.4 is 10.1 Å². The van der Waals surface area contributed by atoms with E-state index in [-0.39, 0.29) is 0 Å². The molecule has 94 valence electrons. The standard InChI is InChI=1S/C12H18ClN3O/c1-8-7-11(17-2)16-12(14-8)15-10-5-3-9(13)4-6-10/h7,9-10H,3-6H2,1-2H3,(H,14,15,16). The summed E-state index contributed by atoms with van der Waals surface area (Å²) < 4.78 is 5.13. The summed E-state index contributed by atoms with van der Waals surface area (Å²) >= 11 is 6.08. The van der Waals surface area contributed by atoms with Crippen molar-refractivity contribution in [2.75, 3.05) is 12.4 Å². The van der Waals surface area contributed by atoms with Crippen LogP contribution in [0.5, 0.6) is 5.88 Å². The number of halogens is 1. The highest BCUT2D eigenvalue weighted by molar-refractivity contribution is 6.20. The lowest BCUT2D eigenvalue weighted by molar-refractivity contribution is 0.396. The van der Waals surface area contributed by atoms with E-state index in [1.807, 2.05) is 13.0 Å². The van der Waals surface area contributed by atoms with Crippen LogP contribution in [0, 0.1) is 6.92 Å². The molecule has 1 saturated carbocycles. The van der Waals surface area contributed by atoms with Gasteiger partial charge >= 0.3 is 0 Å². The lowest BCUT2D eigenvalue weighted by atomic mass is 9.95. The van der Waals surface area contributed by atoms with E-state index in [2.05, 4.69) is 15.3 Å². The minimum absolute atomic E-state index is 0.334. The van der Waals surface area contributed by atoms with E-state index < -0.39 is 0 Å². The average molecular weight is 256 g/mol. The number of hydrogen-bond acceptors (Lipinski definition) is 4. The summed E-state index contributed by atoms with van der Waals surface area (Å²) in [6.45, 7) is 1.94. The Bertz CT molecular complexity index is 378.